The van der Waals surface area contributed by atoms with Crippen molar-refractivity contribution in [1.82, 2.24) is 15.2 Å². The van der Waals surface area contributed by atoms with Crippen LogP contribution in [0.25, 0.3) is 11.4 Å². The standard InChI is InChI=1S/C12H14ClN3/c1-12(2,3)11-14-10(15-16-11)8-5-4-6-9(13)7-8/h4-7H,1-3H3,(H,14,15,16). The highest BCUT2D eigenvalue weighted by atomic mass is 35.5. The van der Waals surface area contributed by atoms with E-state index in [0.29, 0.717) is 10.8 Å². The molecule has 1 aromatic heterocycles. The molecule has 0 radical (unpaired) electrons. The molecule has 0 bridgehead atoms. The van der Waals surface area contributed by atoms with Crippen LogP contribution in [0, 0.1) is 0 Å². The van der Waals surface area contributed by atoms with Gasteiger partial charge in [0.15, 0.2) is 5.82 Å². The predicted octanol–water partition coefficient (Wildman–Crippen LogP) is 3.42. The molecule has 84 valence electrons. The van der Waals surface area contributed by atoms with Gasteiger partial charge >= 0.3 is 0 Å². The van der Waals surface area contributed by atoms with E-state index in [-0.39, 0.29) is 5.41 Å². The Morgan fingerprint density at radius 3 is 2.56 bits per heavy atom. The number of nitrogens with zero attached hydrogens (tertiary/aromatic N) is 2. The van der Waals surface area contributed by atoms with Crippen LogP contribution in [0.3, 0.4) is 0 Å². The largest absolute Gasteiger partial charge is 0.262 e. The molecule has 3 nitrogen and oxygen atoms in total. The zero-order chi connectivity index (χ0) is 11.8. The van der Waals surface area contributed by atoms with Crippen molar-refractivity contribution in [1.29, 1.82) is 0 Å². The zero-order valence-corrected chi connectivity index (χ0v) is 10.3. The minimum Gasteiger partial charge on any atom is -0.262 e. The third-order valence-electron chi connectivity index (χ3n) is 2.28. The maximum absolute atomic E-state index is 5.93. The summed E-state index contributed by atoms with van der Waals surface area (Å²) in [4.78, 5) is 4.47. The number of aromatic nitrogens is 3. The molecule has 1 aromatic carbocycles. The van der Waals surface area contributed by atoms with Crippen LogP contribution in [-0.2, 0) is 5.41 Å². The molecule has 2 rings (SSSR count). The number of rotatable bonds is 1. The number of H-pyrrole nitrogens is 1. The van der Waals surface area contributed by atoms with Gasteiger partial charge in [-0.1, -0.05) is 44.5 Å². The molecule has 0 aliphatic rings. The quantitative estimate of drug-likeness (QED) is 0.823. The summed E-state index contributed by atoms with van der Waals surface area (Å²) >= 11 is 5.93. The lowest BCUT2D eigenvalue weighted by Crippen LogP contribution is -2.13. The summed E-state index contributed by atoms with van der Waals surface area (Å²) in [6.45, 7) is 6.28. The van der Waals surface area contributed by atoms with E-state index in [2.05, 4.69) is 36.0 Å². The second-order valence-corrected chi connectivity index (χ2v) is 5.20. The van der Waals surface area contributed by atoms with Gasteiger partial charge in [0, 0.05) is 16.0 Å². The van der Waals surface area contributed by atoms with Crippen LogP contribution < -0.4 is 0 Å². The van der Waals surface area contributed by atoms with Gasteiger partial charge in [-0.2, -0.15) is 5.10 Å². The number of halogens is 1. The summed E-state index contributed by atoms with van der Waals surface area (Å²) in [5.74, 6) is 1.56. The minimum atomic E-state index is -0.0240. The van der Waals surface area contributed by atoms with Crippen molar-refractivity contribution in [2.24, 2.45) is 0 Å². The van der Waals surface area contributed by atoms with Crippen molar-refractivity contribution in [3.8, 4) is 11.4 Å². The second kappa shape index (κ2) is 3.91. The maximum atomic E-state index is 5.93. The lowest BCUT2D eigenvalue weighted by atomic mass is 9.96. The zero-order valence-electron chi connectivity index (χ0n) is 9.58. The molecule has 16 heavy (non-hydrogen) atoms. The predicted molar refractivity (Wildman–Crippen MR) is 65.5 cm³/mol. The SMILES string of the molecule is CC(C)(C)c1nc(-c2cccc(Cl)c2)n[nH]1. The first-order valence-corrected chi connectivity index (χ1v) is 5.53. The average Bonchev–Trinajstić information content (AvgIpc) is 2.65. The first-order valence-electron chi connectivity index (χ1n) is 5.15. The Bertz CT molecular complexity index is 497. The van der Waals surface area contributed by atoms with E-state index in [1.165, 1.54) is 0 Å². The van der Waals surface area contributed by atoms with E-state index in [4.69, 9.17) is 11.6 Å². The lowest BCUT2D eigenvalue weighted by Gasteiger charge is -2.12. The van der Waals surface area contributed by atoms with Crippen LogP contribution >= 0.6 is 11.6 Å². The molecule has 0 saturated heterocycles. The van der Waals surface area contributed by atoms with Gasteiger partial charge in [0.2, 0.25) is 0 Å². The number of nitrogens with one attached hydrogen (secondary N) is 1. The Morgan fingerprint density at radius 2 is 2.00 bits per heavy atom. The van der Waals surface area contributed by atoms with Gasteiger partial charge in [0.1, 0.15) is 5.82 Å². The molecular formula is C12H14ClN3. The van der Waals surface area contributed by atoms with Gasteiger partial charge in [-0.3, -0.25) is 5.10 Å². The Morgan fingerprint density at radius 1 is 1.25 bits per heavy atom. The highest BCUT2D eigenvalue weighted by molar-refractivity contribution is 6.30. The maximum Gasteiger partial charge on any atom is 0.181 e. The Kier molecular flexibility index (Phi) is 2.72. The molecule has 4 heteroatoms. The molecule has 0 saturated carbocycles. The van der Waals surface area contributed by atoms with Crippen molar-refractivity contribution >= 4 is 11.6 Å². The van der Waals surface area contributed by atoms with Crippen LogP contribution in [0.15, 0.2) is 24.3 Å². The second-order valence-electron chi connectivity index (χ2n) is 4.77. The van der Waals surface area contributed by atoms with Gasteiger partial charge < -0.3 is 0 Å². The Labute approximate surface area is 99.9 Å². The Hall–Kier alpha value is -1.35. The molecule has 2 aromatic rings. The van der Waals surface area contributed by atoms with E-state index >= 15 is 0 Å². The molecule has 0 unspecified atom stereocenters. The van der Waals surface area contributed by atoms with E-state index in [9.17, 15) is 0 Å². The van der Waals surface area contributed by atoms with Gasteiger partial charge in [0.05, 0.1) is 0 Å². The lowest BCUT2D eigenvalue weighted by molar-refractivity contribution is 0.548. The van der Waals surface area contributed by atoms with Crippen molar-refractivity contribution < 1.29 is 0 Å². The van der Waals surface area contributed by atoms with Gasteiger partial charge in [-0.15, -0.1) is 0 Å². The third-order valence-corrected chi connectivity index (χ3v) is 2.51. The van der Waals surface area contributed by atoms with Crippen molar-refractivity contribution in [3.05, 3.63) is 35.1 Å². The van der Waals surface area contributed by atoms with E-state index in [1.807, 2.05) is 24.3 Å². The number of aromatic amines is 1. The average molecular weight is 236 g/mol. The number of benzene rings is 1. The summed E-state index contributed by atoms with van der Waals surface area (Å²) < 4.78 is 0. The van der Waals surface area contributed by atoms with Crippen LogP contribution in [0.2, 0.25) is 5.02 Å². The summed E-state index contributed by atoms with van der Waals surface area (Å²) in [6, 6.07) is 7.53. The first kappa shape index (κ1) is 11.1. The molecule has 0 amide bonds. The molecule has 0 spiro atoms. The minimum absolute atomic E-state index is 0.0240. The van der Waals surface area contributed by atoms with E-state index < -0.39 is 0 Å². The van der Waals surface area contributed by atoms with Gasteiger partial charge in [-0.05, 0) is 12.1 Å². The van der Waals surface area contributed by atoms with Crippen molar-refractivity contribution in [3.63, 3.8) is 0 Å². The normalized spacial score (nSPS) is 11.8. The molecule has 0 atom stereocenters. The summed E-state index contributed by atoms with van der Waals surface area (Å²) in [5.41, 5.74) is 0.906. The fourth-order valence-corrected chi connectivity index (χ4v) is 1.54. The number of hydrogen-bond donors (Lipinski definition) is 1. The van der Waals surface area contributed by atoms with E-state index in [1.54, 1.807) is 0 Å². The van der Waals surface area contributed by atoms with Gasteiger partial charge in [0.25, 0.3) is 0 Å². The van der Waals surface area contributed by atoms with Crippen LogP contribution in [0.1, 0.15) is 26.6 Å². The molecule has 0 fully saturated rings. The van der Waals surface area contributed by atoms with Crippen molar-refractivity contribution in [2.45, 2.75) is 26.2 Å². The van der Waals surface area contributed by atoms with Crippen LogP contribution in [0.5, 0.6) is 0 Å². The molecular weight excluding hydrogens is 222 g/mol. The number of hydrogen-bond acceptors (Lipinski definition) is 2. The summed E-state index contributed by atoms with van der Waals surface area (Å²) in [7, 11) is 0. The van der Waals surface area contributed by atoms with Crippen molar-refractivity contribution in [2.75, 3.05) is 0 Å². The van der Waals surface area contributed by atoms with Gasteiger partial charge in [-0.25, -0.2) is 4.98 Å². The molecule has 1 N–H and O–H groups in total. The Balaban J connectivity index is 2.39. The summed E-state index contributed by atoms with van der Waals surface area (Å²) in [5, 5.41) is 7.85. The molecule has 0 aliphatic heterocycles. The molecule has 1 heterocycles. The first-order chi connectivity index (χ1) is 7.47. The highest BCUT2D eigenvalue weighted by Crippen LogP contribution is 2.23. The smallest absolute Gasteiger partial charge is 0.181 e. The highest BCUT2D eigenvalue weighted by Gasteiger charge is 2.18. The van der Waals surface area contributed by atoms with Crippen LogP contribution in [0.4, 0.5) is 0 Å². The fraction of sp³-hybridized carbons (Fsp3) is 0.333. The van der Waals surface area contributed by atoms with E-state index in [0.717, 1.165) is 11.4 Å². The fourth-order valence-electron chi connectivity index (χ4n) is 1.35. The van der Waals surface area contributed by atoms with Crippen LogP contribution in [-0.4, -0.2) is 15.2 Å². The summed E-state index contributed by atoms with van der Waals surface area (Å²) in [6.07, 6.45) is 0. The monoisotopic (exact) mass is 235 g/mol. The topological polar surface area (TPSA) is 41.6 Å². The molecule has 0 aliphatic carbocycles. The third kappa shape index (κ3) is 2.25.